The molecule has 3 nitrogen and oxygen atoms in total. The molecule has 17 heavy (non-hydrogen) atoms. The van der Waals surface area contributed by atoms with Crippen molar-refractivity contribution in [2.75, 3.05) is 13.6 Å². The molecule has 1 fully saturated rings. The Morgan fingerprint density at radius 1 is 1.35 bits per heavy atom. The average molecular weight is 232 g/mol. The Balaban J connectivity index is 2.00. The van der Waals surface area contributed by atoms with Gasteiger partial charge in [0.25, 0.3) is 0 Å². The van der Waals surface area contributed by atoms with Gasteiger partial charge in [0.1, 0.15) is 0 Å². The summed E-state index contributed by atoms with van der Waals surface area (Å²) >= 11 is 0. The van der Waals surface area contributed by atoms with E-state index in [2.05, 4.69) is 17.6 Å². The van der Waals surface area contributed by atoms with Crippen LogP contribution < -0.4 is 10.6 Å². The molecule has 0 saturated heterocycles. The molecule has 0 bridgehead atoms. The predicted octanol–water partition coefficient (Wildman–Crippen LogP) is 1.44. The Bertz CT molecular complexity index is 384. The maximum atomic E-state index is 12.2. The van der Waals surface area contributed by atoms with Crippen LogP contribution in [0.2, 0.25) is 0 Å². The van der Waals surface area contributed by atoms with E-state index in [4.69, 9.17) is 0 Å². The van der Waals surface area contributed by atoms with Crippen molar-refractivity contribution < 1.29 is 4.79 Å². The molecule has 1 aliphatic carbocycles. The van der Waals surface area contributed by atoms with E-state index in [9.17, 15) is 4.79 Å². The third-order valence-corrected chi connectivity index (χ3v) is 3.57. The third-order valence-electron chi connectivity index (χ3n) is 3.57. The summed E-state index contributed by atoms with van der Waals surface area (Å²) in [6.07, 6.45) is 1.94. The lowest BCUT2D eigenvalue weighted by molar-refractivity contribution is -0.123. The van der Waals surface area contributed by atoms with Crippen molar-refractivity contribution >= 4 is 5.91 Å². The van der Waals surface area contributed by atoms with Gasteiger partial charge in [-0.1, -0.05) is 30.3 Å². The molecule has 0 aliphatic heterocycles. The second-order valence-corrected chi connectivity index (χ2v) is 4.85. The van der Waals surface area contributed by atoms with Crippen LogP contribution in [-0.2, 0) is 10.2 Å². The van der Waals surface area contributed by atoms with Crippen LogP contribution in [0.1, 0.15) is 25.3 Å². The average Bonchev–Trinajstić information content (AvgIpc) is 3.18. The van der Waals surface area contributed by atoms with E-state index in [1.54, 1.807) is 0 Å². The minimum atomic E-state index is -0.241. The highest BCUT2D eigenvalue weighted by atomic mass is 16.2. The van der Waals surface area contributed by atoms with Crippen molar-refractivity contribution in [1.29, 1.82) is 0 Å². The van der Waals surface area contributed by atoms with Gasteiger partial charge in [-0.25, -0.2) is 0 Å². The molecule has 3 heteroatoms. The van der Waals surface area contributed by atoms with Gasteiger partial charge < -0.3 is 10.6 Å². The maximum absolute atomic E-state index is 12.2. The number of carbonyl (C=O) groups is 1. The van der Waals surface area contributed by atoms with Gasteiger partial charge in [0.15, 0.2) is 0 Å². The van der Waals surface area contributed by atoms with Crippen LogP contribution in [0.5, 0.6) is 0 Å². The van der Waals surface area contributed by atoms with Crippen molar-refractivity contribution in [2.45, 2.75) is 31.2 Å². The van der Waals surface area contributed by atoms with Gasteiger partial charge in [-0.3, -0.25) is 4.79 Å². The summed E-state index contributed by atoms with van der Waals surface area (Å²) in [6.45, 7) is 2.74. The van der Waals surface area contributed by atoms with Crippen LogP contribution in [0, 0.1) is 0 Å². The van der Waals surface area contributed by atoms with Gasteiger partial charge >= 0.3 is 0 Å². The van der Waals surface area contributed by atoms with E-state index < -0.39 is 0 Å². The fourth-order valence-corrected chi connectivity index (χ4v) is 2.05. The molecular weight excluding hydrogens is 212 g/mol. The second kappa shape index (κ2) is 4.88. The van der Waals surface area contributed by atoms with E-state index >= 15 is 0 Å². The van der Waals surface area contributed by atoms with E-state index in [1.165, 1.54) is 0 Å². The van der Waals surface area contributed by atoms with Crippen molar-refractivity contribution in [3.8, 4) is 0 Å². The fourth-order valence-electron chi connectivity index (χ4n) is 2.05. The number of rotatable bonds is 5. The van der Waals surface area contributed by atoms with Crippen molar-refractivity contribution in [2.24, 2.45) is 0 Å². The maximum Gasteiger partial charge on any atom is 0.230 e. The highest BCUT2D eigenvalue weighted by molar-refractivity contribution is 5.91. The lowest BCUT2D eigenvalue weighted by atomic mass is 9.95. The molecule has 0 spiro atoms. The zero-order chi connectivity index (χ0) is 12.3. The first-order chi connectivity index (χ1) is 8.19. The molecule has 1 aromatic carbocycles. The summed E-state index contributed by atoms with van der Waals surface area (Å²) in [5, 5.41) is 6.15. The molecule has 0 heterocycles. The molecule has 1 atom stereocenters. The smallest absolute Gasteiger partial charge is 0.230 e. The number of hydrogen-bond acceptors (Lipinski definition) is 2. The SMILES string of the molecule is CNC(C)CNC(=O)C1(c2ccccc2)CC1. The van der Waals surface area contributed by atoms with E-state index in [0.29, 0.717) is 12.6 Å². The third kappa shape index (κ3) is 2.50. The summed E-state index contributed by atoms with van der Waals surface area (Å²) in [5.74, 6) is 0.172. The van der Waals surface area contributed by atoms with Gasteiger partial charge in [0, 0.05) is 12.6 Å². The lowest BCUT2D eigenvalue weighted by Crippen LogP contribution is -2.41. The highest BCUT2D eigenvalue weighted by Crippen LogP contribution is 2.48. The van der Waals surface area contributed by atoms with Gasteiger partial charge in [-0.05, 0) is 32.4 Å². The quantitative estimate of drug-likeness (QED) is 0.806. The summed E-state index contributed by atoms with van der Waals surface area (Å²) in [5.41, 5.74) is 0.906. The summed E-state index contributed by atoms with van der Waals surface area (Å²) < 4.78 is 0. The number of amides is 1. The molecule has 1 amide bonds. The topological polar surface area (TPSA) is 41.1 Å². The number of carbonyl (C=O) groups excluding carboxylic acids is 1. The zero-order valence-electron chi connectivity index (χ0n) is 10.5. The lowest BCUT2D eigenvalue weighted by Gasteiger charge is -2.18. The number of nitrogens with one attached hydrogen (secondary N) is 2. The Morgan fingerprint density at radius 2 is 2.00 bits per heavy atom. The normalized spacial score (nSPS) is 18.5. The first-order valence-electron chi connectivity index (χ1n) is 6.20. The molecule has 1 unspecified atom stereocenters. The monoisotopic (exact) mass is 232 g/mol. The fraction of sp³-hybridized carbons (Fsp3) is 0.500. The molecule has 1 saturated carbocycles. The Kier molecular flexibility index (Phi) is 3.48. The molecule has 0 aromatic heterocycles. The van der Waals surface area contributed by atoms with Crippen LogP contribution in [0.25, 0.3) is 0 Å². The zero-order valence-corrected chi connectivity index (χ0v) is 10.5. The van der Waals surface area contributed by atoms with Gasteiger partial charge in [-0.2, -0.15) is 0 Å². The highest BCUT2D eigenvalue weighted by Gasteiger charge is 2.50. The standard InChI is InChI=1S/C14H20N2O/c1-11(15-2)10-16-13(17)14(8-9-14)12-6-4-3-5-7-12/h3-7,11,15H,8-10H2,1-2H3,(H,16,17). The number of benzene rings is 1. The molecule has 1 aliphatic rings. The first kappa shape index (κ1) is 12.1. The second-order valence-electron chi connectivity index (χ2n) is 4.85. The van der Waals surface area contributed by atoms with E-state index in [-0.39, 0.29) is 11.3 Å². The Morgan fingerprint density at radius 3 is 2.53 bits per heavy atom. The molecule has 2 N–H and O–H groups in total. The van der Waals surface area contributed by atoms with Gasteiger partial charge in [0.05, 0.1) is 5.41 Å². The van der Waals surface area contributed by atoms with Crippen LogP contribution in [0.4, 0.5) is 0 Å². The molecule has 0 radical (unpaired) electrons. The van der Waals surface area contributed by atoms with E-state index in [0.717, 1.165) is 18.4 Å². The van der Waals surface area contributed by atoms with Crippen molar-refractivity contribution in [1.82, 2.24) is 10.6 Å². The molecular formula is C14H20N2O. The van der Waals surface area contributed by atoms with Crippen molar-refractivity contribution in [3.05, 3.63) is 35.9 Å². The Hall–Kier alpha value is -1.35. The van der Waals surface area contributed by atoms with Gasteiger partial charge in [0.2, 0.25) is 5.91 Å². The van der Waals surface area contributed by atoms with Crippen LogP contribution in [-0.4, -0.2) is 25.5 Å². The minimum absolute atomic E-state index is 0.172. The minimum Gasteiger partial charge on any atom is -0.354 e. The summed E-state index contributed by atoms with van der Waals surface area (Å²) in [6, 6.07) is 10.4. The number of likely N-dealkylation sites (N-methyl/N-ethyl adjacent to an activating group) is 1. The van der Waals surface area contributed by atoms with E-state index in [1.807, 2.05) is 37.4 Å². The number of hydrogen-bond donors (Lipinski definition) is 2. The summed E-state index contributed by atoms with van der Waals surface area (Å²) in [7, 11) is 1.90. The predicted molar refractivity (Wildman–Crippen MR) is 68.9 cm³/mol. The van der Waals surface area contributed by atoms with Crippen LogP contribution in [0.15, 0.2) is 30.3 Å². The molecule has 92 valence electrons. The Labute approximate surface area is 103 Å². The van der Waals surface area contributed by atoms with Crippen LogP contribution in [0.3, 0.4) is 0 Å². The molecule has 1 aromatic rings. The largest absolute Gasteiger partial charge is 0.354 e. The van der Waals surface area contributed by atoms with Gasteiger partial charge in [-0.15, -0.1) is 0 Å². The molecule has 2 rings (SSSR count). The summed E-state index contributed by atoms with van der Waals surface area (Å²) in [4.78, 5) is 12.2. The van der Waals surface area contributed by atoms with Crippen LogP contribution >= 0.6 is 0 Å². The first-order valence-corrected chi connectivity index (χ1v) is 6.20. The van der Waals surface area contributed by atoms with Crippen molar-refractivity contribution in [3.63, 3.8) is 0 Å².